The number of nitrogens with zero attached hydrogens (tertiary/aromatic N) is 1. The molecule has 23 heavy (non-hydrogen) atoms. The third-order valence-electron chi connectivity index (χ3n) is 4.43. The highest BCUT2D eigenvalue weighted by Crippen LogP contribution is 2.29. The number of allylic oxidation sites excluding steroid dienone is 2. The molecule has 1 aromatic carbocycles. The molecule has 0 saturated carbocycles. The van der Waals surface area contributed by atoms with Crippen LogP contribution in [0.2, 0.25) is 0 Å². The summed E-state index contributed by atoms with van der Waals surface area (Å²) in [6.45, 7) is 1.08. The summed E-state index contributed by atoms with van der Waals surface area (Å²) in [6, 6.07) is 7.84. The van der Waals surface area contributed by atoms with Crippen LogP contribution in [-0.2, 0) is 14.3 Å². The Morgan fingerprint density at radius 3 is 2.39 bits per heavy atom. The Labute approximate surface area is 135 Å². The normalized spacial score (nSPS) is 32.1. The first-order valence-electron chi connectivity index (χ1n) is 7.81. The van der Waals surface area contributed by atoms with Crippen LogP contribution in [0.4, 0.5) is 0 Å². The van der Waals surface area contributed by atoms with Gasteiger partial charge >= 0.3 is 0 Å². The molecule has 1 fully saturated rings. The number of hydrogen-bond acceptors (Lipinski definition) is 5. The number of ether oxygens (including phenoxy) is 3. The quantitative estimate of drug-likeness (QED) is 0.841. The van der Waals surface area contributed by atoms with Crippen LogP contribution in [0.1, 0.15) is 5.56 Å². The first-order chi connectivity index (χ1) is 11.3. The largest absolute Gasteiger partial charge is 0.497 e. The number of methoxy groups -OCH3 is 1. The zero-order valence-electron chi connectivity index (χ0n) is 12.9. The molecule has 4 rings (SSSR count). The topological polar surface area (TPSA) is 49.3 Å². The van der Waals surface area contributed by atoms with Gasteiger partial charge in [0, 0.05) is 5.56 Å². The number of fused-ring (bicyclic) bond motifs is 2. The molecule has 2 aliphatic heterocycles. The summed E-state index contributed by atoms with van der Waals surface area (Å²) in [6.07, 6.45) is 7.84. The second-order valence-electron chi connectivity index (χ2n) is 5.82. The summed E-state index contributed by atoms with van der Waals surface area (Å²) in [5.41, 5.74) is 1.94. The fourth-order valence-corrected chi connectivity index (χ4v) is 3.09. The zero-order chi connectivity index (χ0) is 15.6. The van der Waals surface area contributed by atoms with Crippen molar-refractivity contribution in [1.82, 2.24) is 0 Å². The van der Waals surface area contributed by atoms with E-state index >= 15 is 0 Å². The van der Waals surface area contributed by atoms with E-state index in [9.17, 15) is 0 Å². The van der Waals surface area contributed by atoms with Crippen molar-refractivity contribution in [2.24, 2.45) is 11.1 Å². The molecule has 5 heteroatoms. The van der Waals surface area contributed by atoms with Crippen molar-refractivity contribution < 1.29 is 19.0 Å². The minimum absolute atomic E-state index is 0.0429. The molecule has 1 aliphatic carbocycles. The average Bonchev–Trinajstić information content (AvgIpc) is 2.98. The molecule has 0 aromatic heterocycles. The average molecular weight is 313 g/mol. The van der Waals surface area contributed by atoms with E-state index in [2.05, 4.69) is 5.16 Å². The van der Waals surface area contributed by atoms with E-state index in [0.717, 1.165) is 17.0 Å². The van der Waals surface area contributed by atoms with Crippen molar-refractivity contribution in [2.45, 2.75) is 18.3 Å². The van der Waals surface area contributed by atoms with Gasteiger partial charge in [0.25, 0.3) is 0 Å². The molecule has 2 heterocycles. The van der Waals surface area contributed by atoms with Crippen LogP contribution >= 0.6 is 0 Å². The van der Waals surface area contributed by atoms with E-state index in [1.54, 1.807) is 7.11 Å². The van der Waals surface area contributed by atoms with Gasteiger partial charge in [0.2, 0.25) is 0 Å². The van der Waals surface area contributed by atoms with Crippen molar-refractivity contribution in [2.75, 3.05) is 20.3 Å². The molecule has 3 aliphatic rings. The zero-order valence-corrected chi connectivity index (χ0v) is 12.9. The summed E-state index contributed by atoms with van der Waals surface area (Å²) < 4.78 is 17.2. The summed E-state index contributed by atoms with van der Waals surface area (Å²) in [5.74, 6) is 0.896. The Bertz CT molecular complexity index is 649. The van der Waals surface area contributed by atoms with Crippen LogP contribution in [0.25, 0.3) is 0 Å². The van der Waals surface area contributed by atoms with Crippen molar-refractivity contribution in [3.63, 3.8) is 0 Å². The Morgan fingerprint density at radius 2 is 1.70 bits per heavy atom. The lowest BCUT2D eigenvalue weighted by molar-refractivity contribution is -0.109. The smallest absolute Gasteiger partial charge is 0.161 e. The van der Waals surface area contributed by atoms with Crippen LogP contribution in [0.5, 0.6) is 5.75 Å². The molecule has 0 amide bonds. The number of rotatable bonds is 2. The van der Waals surface area contributed by atoms with Crippen LogP contribution in [0.15, 0.2) is 53.7 Å². The maximum Gasteiger partial charge on any atom is 0.161 e. The van der Waals surface area contributed by atoms with Gasteiger partial charge in [0.05, 0.1) is 32.0 Å². The van der Waals surface area contributed by atoms with E-state index in [0.29, 0.717) is 13.2 Å². The van der Waals surface area contributed by atoms with Crippen LogP contribution in [0.3, 0.4) is 0 Å². The summed E-state index contributed by atoms with van der Waals surface area (Å²) in [7, 11) is 1.66. The monoisotopic (exact) mass is 313 g/mol. The standard InChI is InChI=1S/C18H19NO4/c1-20-13-8-6-12(7-9-13)18-14-10-21-15-4-2-3-5-16(15)22-11-17(14)23-19-18/h2-9,14-17H,10-11H2,1H3. The van der Waals surface area contributed by atoms with Gasteiger partial charge in [-0.05, 0) is 24.3 Å². The van der Waals surface area contributed by atoms with Crippen molar-refractivity contribution in [3.05, 3.63) is 54.1 Å². The van der Waals surface area contributed by atoms with Gasteiger partial charge in [-0.25, -0.2) is 0 Å². The molecule has 1 saturated heterocycles. The molecule has 0 bridgehead atoms. The second-order valence-corrected chi connectivity index (χ2v) is 5.82. The molecular weight excluding hydrogens is 294 g/mol. The van der Waals surface area contributed by atoms with E-state index in [4.69, 9.17) is 19.0 Å². The molecule has 0 spiro atoms. The molecule has 0 radical (unpaired) electrons. The van der Waals surface area contributed by atoms with E-state index in [1.165, 1.54) is 0 Å². The number of benzene rings is 1. The predicted molar refractivity (Wildman–Crippen MR) is 85.7 cm³/mol. The molecule has 0 N–H and O–H groups in total. The highest BCUT2D eigenvalue weighted by Gasteiger charge is 2.39. The molecule has 4 atom stereocenters. The van der Waals surface area contributed by atoms with Crippen molar-refractivity contribution in [1.29, 1.82) is 0 Å². The summed E-state index contributed by atoms with van der Waals surface area (Å²) in [5, 5.41) is 4.29. The summed E-state index contributed by atoms with van der Waals surface area (Å²) in [4.78, 5) is 5.61. The van der Waals surface area contributed by atoms with Crippen molar-refractivity contribution >= 4 is 5.71 Å². The molecule has 4 unspecified atom stereocenters. The molecular formula is C18H19NO4. The fourth-order valence-electron chi connectivity index (χ4n) is 3.09. The first-order valence-corrected chi connectivity index (χ1v) is 7.81. The number of oxime groups is 1. The third-order valence-corrected chi connectivity index (χ3v) is 4.43. The van der Waals surface area contributed by atoms with Gasteiger partial charge < -0.3 is 19.0 Å². The van der Waals surface area contributed by atoms with Gasteiger partial charge in [-0.3, -0.25) is 0 Å². The maximum absolute atomic E-state index is 6.05. The predicted octanol–water partition coefficient (Wildman–Crippen LogP) is 2.32. The van der Waals surface area contributed by atoms with Crippen LogP contribution < -0.4 is 4.74 Å². The molecule has 1 aromatic rings. The van der Waals surface area contributed by atoms with E-state index in [-0.39, 0.29) is 24.2 Å². The highest BCUT2D eigenvalue weighted by atomic mass is 16.7. The Morgan fingerprint density at radius 1 is 1.00 bits per heavy atom. The maximum atomic E-state index is 6.05. The van der Waals surface area contributed by atoms with Crippen molar-refractivity contribution in [3.8, 4) is 5.75 Å². The Hall–Kier alpha value is -2.11. The van der Waals surface area contributed by atoms with Crippen LogP contribution in [0, 0.1) is 5.92 Å². The molecule has 120 valence electrons. The van der Waals surface area contributed by atoms with Gasteiger partial charge in [-0.1, -0.05) is 29.5 Å². The Kier molecular flexibility index (Phi) is 3.89. The van der Waals surface area contributed by atoms with Gasteiger partial charge in [-0.2, -0.15) is 0 Å². The molecule has 5 nitrogen and oxygen atoms in total. The highest BCUT2D eigenvalue weighted by molar-refractivity contribution is 6.03. The van der Waals surface area contributed by atoms with E-state index in [1.807, 2.05) is 48.6 Å². The van der Waals surface area contributed by atoms with Gasteiger partial charge in [0.15, 0.2) is 6.10 Å². The summed E-state index contributed by atoms with van der Waals surface area (Å²) >= 11 is 0. The fraction of sp³-hybridized carbons (Fsp3) is 0.389. The third kappa shape index (κ3) is 2.78. The SMILES string of the molecule is COc1ccc(C2=NOC3COC4C=CC=CC4OCC23)cc1. The lowest BCUT2D eigenvalue weighted by Gasteiger charge is -2.31. The lowest BCUT2D eigenvalue weighted by atomic mass is 9.92. The lowest BCUT2D eigenvalue weighted by Crippen LogP contribution is -2.42. The van der Waals surface area contributed by atoms with E-state index < -0.39 is 0 Å². The van der Waals surface area contributed by atoms with Gasteiger partial charge in [0.1, 0.15) is 18.0 Å². The Balaban J connectivity index is 1.53. The van der Waals surface area contributed by atoms with Crippen LogP contribution in [-0.4, -0.2) is 44.3 Å². The number of hydrogen-bond donors (Lipinski definition) is 0. The van der Waals surface area contributed by atoms with Gasteiger partial charge in [-0.15, -0.1) is 0 Å². The second kappa shape index (κ2) is 6.18. The first kappa shape index (κ1) is 14.5. The minimum atomic E-state index is -0.104. The minimum Gasteiger partial charge on any atom is -0.497 e.